The second kappa shape index (κ2) is 5.99. The predicted molar refractivity (Wildman–Crippen MR) is 124 cm³/mol. The van der Waals surface area contributed by atoms with Gasteiger partial charge in [0, 0.05) is 16.7 Å². The van der Waals surface area contributed by atoms with Crippen molar-refractivity contribution in [2.24, 2.45) is 44.8 Å². The number of hydrogen-bond donors (Lipinski definition) is 1. The van der Waals surface area contributed by atoms with Gasteiger partial charge in [-0.05, 0) is 72.3 Å². The Kier molecular flexibility index (Phi) is 3.99. The molecule has 0 aromatic heterocycles. The molecule has 5 fully saturated rings. The third kappa shape index (κ3) is 2.26. The van der Waals surface area contributed by atoms with Crippen molar-refractivity contribution >= 4 is 21.7 Å². The number of Topliss-reactive ketones (excluding diaryl/α,β-unsaturated/α-hetero) is 2. The van der Waals surface area contributed by atoms with Crippen molar-refractivity contribution in [2.45, 2.75) is 66.2 Å². The zero-order chi connectivity index (χ0) is 23.8. The van der Waals surface area contributed by atoms with Crippen LogP contribution in [0, 0.1) is 44.8 Å². The predicted octanol–water partition coefficient (Wildman–Crippen LogP) is 4.29. The van der Waals surface area contributed by atoms with Gasteiger partial charge in [0.2, 0.25) is 0 Å². The fourth-order valence-electron chi connectivity index (χ4n) is 9.82. The third-order valence-electron chi connectivity index (χ3n) is 11.8. The van der Waals surface area contributed by atoms with Gasteiger partial charge in [-0.2, -0.15) is 8.42 Å². The molecule has 178 valence electrons. The highest BCUT2D eigenvalue weighted by molar-refractivity contribution is 7.85. The minimum absolute atomic E-state index is 0.00224. The molecule has 1 aromatic rings. The van der Waals surface area contributed by atoms with Crippen LogP contribution in [0.1, 0.15) is 64.5 Å². The highest BCUT2D eigenvalue weighted by atomic mass is 32.2. The average Bonchev–Trinajstić information content (AvgIpc) is 2.84. The molecule has 0 aliphatic heterocycles. The van der Waals surface area contributed by atoms with Crippen molar-refractivity contribution in [3.63, 3.8) is 0 Å². The van der Waals surface area contributed by atoms with Crippen LogP contribution in [-0.4, -0.2) is 30.3 Å². The normalized spacial score (nSPS) is 46.4. The molecule has 5 nitrogen and oxygen atoms in total. The van der Waals surface area contributed by atoms with Crippen molar-refractivity contribution in [2.75, 3.05) is 5.75 Å². The summed E-state index contributed by atoms with van der Waals surface area (Å²) in [5.74, 6) is 0.457. The van der Waals surface area contributed by atoms with Crippen molar-refractivity contribution in [3.05, 3.63) is 35.4 Å². The molecule has 7 unspecified atom stereocenters. The number of rotatable bonds is 6. The monoisotopic (exact) mass is 470 g/mol. The van der Waals surface area contributed by atoms with Gasteiger partial charge in [-0.3, -0.25) is 14.1 Å². The molecular weight excluding hydrogens is 436 g/mol. The summed E-state index contributed by atoms with van der Waals surface area (Å²) < 4.78 is 33.0. The molecule has 0 saturated heterocycles. The molecule has 0 amide bonds. The molecule has 0 heterocycles. The summed E-state index contributed by atoms with van der Waals surface area (Å²) in [4.78, 5) is 26.5. The first kappa shape index (κ1) is 22.0. The maximum absolute atomic E-state index is 13.5. The molecular formula is C27H34O5S. The lowest BCUT2D eigenvalue weighted by Crippen LogP contribution is -2.55. The topological polar surface area (TPSA) is 88.5 Å². The second-order valence-electron chi connectivity index (χ2n) is 12.8. The Morgan fingerprint density at radius 1 is 0.970 bits per heavy atom. The summed E-state index contributed by atoms with van der Waals surface area (Å²) in [5.41, 5.74) is 0.766. The summed E-state index contributed by atoms with van der Waals surface area (Å²) in [6.45, 7) is 8.46. The minimum Gasteiger partial charge on any atom is -0.299 e. The number of fused-ring (bicyclic) bond motifs is 3. The lowest BCUT2D eigenvalue weighted by molar-refractivity contribution is -0.155. The molecule has 7 atom stereocenters. The molecule has 2 bridgehead atoms. The minimum atomic E-state index is -4.23. The van der Waals surface area contributed by atoms with E-state index in [0.717, 1.165) is 24.8 Å². The van der Waals surface area contributed by atoms with E-state index in [1.165, 1.54) is 12.0 Å². The molecule has 5 aliphatic rings. The van der Waals surface area contributed by atoms with E-state index >= 15 is 0 Å². The zero-order valence-corrected chi connectivity index (χ0v) is 20.8. The highest BCUT2D eigenvalue weighted by Gasteiger charge is 2.95. The molecule has 0 radical (unpaired) electrons. The van der Waals surface area contributed by atoms with Gasteiger partial charge in [0.1, 0.15) is 11.6 Å². The van der Waals surface area contributed by atoms with Crippen LogP contribution < -0.4 is 0 Å². The first-order valence-corrected chi connectivity index (χ1v) is 14.0. The quantitative estimate of drug-likeness (QED) is 0.627. The van der Waals surface area contributed by atoms with Crippen molar-refractivity contribution in [1.29, 1.82) is 0 Å². The van der Waals surface area contributed by atoms with Gasteiger partial charge in [-0.15, -0.1) is 0 Å². The van der Waals surface area contributed by atoms with E-state index < -0.39 is 26.7 Å². The SMILES string of the molecule is CC12CCC3C(Cc4ccc(CC5C(=O)C6(CS(=O)(=O)O)CCC5C6(C)C)cc4)(C1=O)C32C. The standard InChI is InChI=1S/C27H34O5S/c1-23(2)19-9-12-26(23,15-33(30,31)32)21(28)18(19)13-16-5-7-17(8-6-16)14-27-20-10-11-24(3,22(27)29)25(20,27)4/h5-8,18-20H,9-15H2,1-4H3,(H,30,31,32). The number of carbonyl (C=O) groups is 2. The van der Waals surface area contributed by atoms with E-state index in [2.05, 4.69) is 38.1 Å². The Balaban J connectivity index is 1.20. The lowest BCUT2D eigenvalue weighted by Gasteiger charge is -2.49. The average molecular weight is 471 g/mol. The van der Waals surface area contributed by atoms with E-state index in [9.17, 15) is 22.6 Å². The molecule has 5 saturated carbocycles. The van der Waals surface area contributed by atoms with Crippen molar-refractivity contribution in [1.82, 2.24) is 0 Å². The van der Waals surface area contributed by atoms with Crippen LogP contribution in [0.25, 0.3) is 0 Å². The van der Waals surface area contributed by atoms with Gasteiger partial charge in [0.25, 0.3) is 10.1 Å². The zero-order valence-electron chi connectivity index (χ0n) is 20.0. The number of ketones is 2. The lowest BCUT2D eigenvalue weighted by atomic mass is 9.51. The Morgan fingerprint density at radius 3 is 2.18 bits per heavy atom. The van der Waals surface area contributed by atoms with Crippen LogP contribution in [0.4, 0.5) is 0 Å². The van der Waals surface area contributed by atoms with Gasteiger partial charge in [0.05, 0.1) is 11.2 Å². The molecule has 1 aromatic carbocycles. The largest absolute Gasteiger partial charge is 0.299 e. The van der Waals surface area contributed by atoms with Crippen LogP contribution in [0.2, 0.25) is 0 Å². The fourth-order valence-corrected chi connectivity index (χ4v) is 11.1. The molecule has 1 N–H and O–H groups in total. The van der Waals surface area contributed by atoms with E-state index in [4.69, 9.17) is 0 Å². The van der Waals surface area contributed by atoms with Gasteiger partial charge in [0.15, 0.2) is 0 Å². The highest BCUT2D eigenvalue weighted by Crippen LogP contribution is 2.93. The molecule has 33 heavy (non-hydrogen) atoms. The van der Waals surface area contributed by atoms with Crippen LogP contribution in [0.3, 0.4) is 0 Å². The second-order valence-corrected chi connectivity index (χ2v) is 14.2. The summed E-state index contributed by atoms with van der Waals surface area (Å²) in [7, 11) is -4.23. The maximum atomic E-state index is 13.5. The Morgan fingerprint density at radius 2 is 1.61 bits per heavy atom. The van der Waals surface area contributed by atoms with Gasteiger partial charge < -0.3 is 0 Å². The van der Waals surface area contributed by atoms with Gasteiger partial charge in [-0.1, -0.05) is 52.0 Å². The van der Waals surface area contributed by atoms with Crippen molar-refractivity contribution in [3.8, 4) is 0 Å². The smallest absolute Gasteiger partial charge is 0.265 e. The third-order valence-corrected chi connectivity index (χ3v) is 12.7. The van der Waals surface area contributed by atoms with Crippen LogP contribution in [-0.2, 0) is 32.5 Å². The molecule has 5 aliphatic carbocycles. The van der Waals surface area contributed by atoms with Crippen LogP contribution in [0.15, 0.2) is 24.3 Å². The molecule has 6 rings (SSSR count). The first-order chi connectivity index (χ1) is 15.2. The first-order valence-electron chi connectivity index (χ1n) is 12.4. The molecule has 0 spiro atoms. The van der Waals surface area contributed by atoms with Crippen LogP contribution in [0.5, 0.6) is 0 Å². The van der Waals surface area contributed by atoms with E-state index in [1.807, 2.05) is 13.8 Å². The summed E-state index contributed by atoms with van der Waals surface area (Å²) in [6.07, 6.45) is 4.98. The number of benzene rings is 1. The van der Waals surface area contributed by atoms with E-state index in [0.29, 0.717) is 24.5 Å². The Bertz CT molecular complexity index is 1200. The summed E-state index contributed by atoms with van der Waals surface area (Å²) in [6, 6.07) is 8.38. The molecule has 6 heteroatoms. The summed E-state index contributed by atoms with van der Waals surface area (Å²) in [5, 5.41) is 0. The summed E-state index contributed by atoms with van der Waals surface area (Å²) >= 11 is 0. The van der Waals surface area contributed by atoms with Crippen LogP contribution >= 0.6 is 0 Å². The van der Waals surface area contributed by atoms with E-state index in [-0.39, 0.29) is 33.9 Å². The van der Waals surface area contributed by atoms with Crippen molar-refractivity contribution < 1.29 is 22.6 Å². The number of hydrogen-bond acceptors (Lipinski definition) is 4. The maximum Gasteiger partial charge on any atom is 0.265 e. The van der Waals surface area contributed by atoms with Gasteiger partial charge in [-0.25, -0.2) is 0 Å². The van der Waals surface area contributed by atoms with Gasteiger partial charge >= 0.3 is 0 Å². The Labute approximate surface area is 196 Å². The Hall–Kier alpha value is -1.53. The fraction of sp³-hybridized carbons (Fsp3) is 0.704. The number of carbonyl (C=O) groups excluding carboxylic acids is 2. The van der Waals surface area contributed by atoms with E-state index in [1.54, 1.807) is 0 Å².